The Bertz CT molecular complexity index is 624. The number of rotatable bonds is 6. The number of aromatic nitrogens is 4. The van der Waals surface area contributed by atoms with Gasteiger partial charge in [0.1, 0.15) is 0 Å². The second-order valence-corrected chi connectivity index (χ2v) is 6.47. The Morgan fingerprint density at radius 3 is 2.68 bits per heavy atom. The van der Waals surface area contributed by atoms with Gasteiger partial charge in [-0.05, 0) is 31.0 Å². The van der Waals surface area contributed by atoms with Gasteiger partial charge in [-0.15, -0.1) is 5.10 Å². The van der Waals surface area contributed by atoms with E-state index in [9.17, 15) is 0 Å². The number of hydrogen-bond donors (Lipinski definition) is 1. The smallest absolute Gasteiger partial charge is 0.151 e. The molecule has 2 aromatic heterocycles. The molecule has 2 aromatic rings. The molecular formula is C16H22N6. The highest BCUT2D eigenvalue weighted by molar-refractivity contribution is 5.41. The summed E-state index contributed by atoms with van der Waals surface area (Å²) in [5.41, 5.74) is 2.26. The van der Waals surface area contributed by atoms with Crippen LogP contribution in [0.15, 0.2) is 24.4 Å². The topological polar surface area (TPSA) is 58.9 Å². The van der Waals surface area contributed by atoms with Crippen molar-refractivity contribution in [2.75, 3.05) is 24.5 Å². The summed E-state index contributed by atoms with van der Waals surface area (Å²) in [5.74, 6) is 2.39. The number of aryl methyl sites for hydroxylation is 1. The van der Waals surface area contributed by atoms with Gasteiger partial charge in [-0.3, -0.25) is 4.68 Å². The minimum Gasteiger partial charge on any atom is -0.354 e. The summed E-state index contributed by atoms with van der Waals surface area (Å²) in [6.45, 7) is 3.99. The summed E-state index contributed by atoms with van der Waals surface area (Å²) in [6.07, 6.45) is 4.54. The molecule has 0 aromatic carbocycles. The number of nitrogens with zero attached hydrogens (tertiary/aromatic N) is 5. The van der Waals surface area contributed by atoms with Crippen molar-refractivity contribution in [1.82, 2.24) is 25.3 Å². The van der Waals surface area contributed by atoms with Gasteiger partial charge in [0.2, 0.25) is 0 Å². The van der Waals surface area contributed by atoms with E-state index in [0.29, 0.717) is 11.8 Å². The maximum absolute atomic E-state index is 4.37. The lowest BCUT2D eigenvalue weighted by Gasteiger charge is -2.40. The predicted octanol–water partition coefficient (Wildman–Crippen LogP) is 1.31. The largest absolute Gasteiger partial charge is 0.354 e. The monoisotopic (exact) mass is 298 g/mol. The highest BCUT2D eigenvalue weighted by Crippen LogP contribution is 2.38. The first-order valence-electron chi connectivity index (χ1n) is 8.06. The lowest BCUT2D eigenvalue weighted by atomic mass is 10.0. The molecule has 2 aliphatic rings. The highest BCUT2D eigenvalue weighted by Gasteiger charge is 2.29. The van der Waals surface area contributed by atoms with Crippen LogP contribution in [-0.2, 0) is 13.6 Å². The Kier molecular flexibility index (Phi) is 3.54. The van der Waals surface area contributed by atoms with Crippen molar-refractivity contribution in [2.24, 2.45) is 13.0 Å². The van der Waals surface area contributed by atoms with Crippen molar-refractivity contribution in [3.63, 3.8) is 0 Å². The molecule has 1 saturated carbocycles. The lowest BCUT2D eigenvalue weighted by Crippen LogP contribution is -2.51. The first-order valence-corrected chi connectivity index (χ1v) is 8.06. The van der Waals surface area contributed by atoms with Crippen LogP contribution in [0.2, 0.25) is 0 Å². The van der Waals surface area contributed by atoms with Gasteiger partial charge in [0.05, 0.1) is 11.4 Å². The summed E-state index contributed by atoms with van der Waals surface area (Å²) in [4.78, 5) is 2.30. The quantitative estimate of drug-likeness (QED) is 0.871. The van der Waals surface area contributed by atoms with Crippen LogP contribution in [-0.4, -0.2) is 39.6 Å². The predicted molar refractivity (Wildman–Crippen MR) is 84.6 cm³/mol. The zero-order chi connectivity index (χ0) is 14.9. The SMILES string of the molecule is Cn1ccc(CNCC2CN(c3ccc(C4CC4)nn3)C2)n1. The number of nitrogens with one attached hydrogen (secondary N) is 1. The van der Waals surface area contributed by atoms with Crippen molar-refractivity contribution < 1.29 is 0 Å². The van der Waals surface area contributed by atoms with Crippen LogP contribution in [0.3, 0.4) is 0 Å². The van der Waals surface area contributed by atoms with Gasteiger partial charge in [-0.25, -0.2) is 0 Å². The van der Waals surface area contributed by atoms with Crippen LogP contribution in [0.5, 0.6) is 0 Å². The van der Waals surface area contributed by atoms with E-state index in [1.807, 2.05) is 17.9 Å². The molecule has 0 atom stereocenters. The van der Waals surface area contributed by atoms with Gasteiger partial charge in [-0.1, -0.05) is 0 Å². The maximum Gasteiger partial charge on any atom is 0.151 e. The summed E-state index contributed by atoms with van der Waals surface area (Å²) < 4.78 is 1.84. The molecule has 1 aliphatic carbocycles. The van der Waals surface area contributed by atoms with E-state index < -0.39 is 0 Å². The molecule has 0 unspecified atom stereocenters. The van der Waals surface area contributed by atoms with Gasteiger partial charge in [0, 0.05) is 51.3 Å². The van der Waals surface area contributed by atoms with Crippen LogP contribution in [0, 0.1) is 5.92 Å². The highest BCUT2D eigenvalue weighted by atomic mass is 15.3. The van der Waals surface area contributed by atoms with Gasteiger partial charge in [0.25, 0.3) is 0 Å². The Balaban J connectivity index is 1.20. The number of hydrogen-bond acceptors (Lipinski definition) is 5. The molecule has 6 nitrogen and oxygen atoms in total. The average molecular weight is 298 g/mol. The molecule has 6 heteroatoms. The Morgan fingerprint density at radius 1 is 1.18 bits per heavy atom. The molecule has 116 valence electrons. The minimum absolute atomic E-state index is 0.682. The second-order valence-electron chi connectivity index (χ2n) is 6.47. The fourth-order valence-corrected chi connectivity index (χ4v) is 2.95. The van der Waals surface area contributed by atoms with Crippen LogP contribution >= 0.6 is 0 Å². The molecular weight excluding hydrogens is 276 g/mol. The Labute approximate surface area is 130 Å². The van der Waals surface area contributed by atoms with E-state index in [0.717, 1.165) is 43.4 Å². The van der Waals surface area contributed by atoms with Gasteiger partial charge >= 0.3 is 0 Å². The Hall–Kier alpha value is -1.95. The molecule has 0 radical (unpaired) electrons. The van der Waals surface area contributed by atoms with Crippen molar-refractivity contribution in [2.45, 2.75) is 25.3 Å². The van der Waals surface area contributed by atoms with Crippen LogP contribution in [0.25, 0.3) is 0 Å². The molecule has 3 heterocycles. The van der Waals surface area contributed by atoms with Crippen molar-refractivity contribution in [3.05, 3.63) is 35.8 Å². The van der Waals surface area contributed by atoms with Gasteiger partial charge < -0.3 is 10.2 Å². The third-order valence-corrected chi connectivity index (χ3v) is 4.46. The zero-order valence-electron chi connectivity index (χ0n) is 12.9. The Morgan fingerprint density at radius 2 is 2.05 bits per heavy atom. The van der Waals surface area contributed by atoms with Crippen LogP contribution < -0.4 is 10.2 Å². The third-order valence-electron chi connectivity index (χ3n) is 4.46. The fraction of sp³-hybridized carbons (Fsp3) is 0.562. The van der Waals surface area contributed by atoms with Crippen LogP contribution in [0.4, 0.5) is 5.82 Å². The molecule has 0 amide bonds. The van der Waals surface area contributed by atoms with Crippen molar-refractivity contribution in [1.29, 1.82) is 0 Å². The maximum atomic E-state index is 4.37. The first kappa shape index (κ1) is 13.7. The van der Waals surface area contributed by atoms with Crippen molar-refractivity contribution >= 4 is 5.82 Å². The molecule has 22 heavy (non-hydrogen) atoms. The molecule has 1 saturated heterocycles. The summed E-state index contributed by atoms with van der Waals surface area (Å²) in [6, 6.07) is 6.32. The zero-order valence-corrected chi connectivity index (χ0v) is 12.9. The first-order chi connectivity index (χ1) is 10.8. The summed E-state index contributed by atoms with van der Waals surface area (Å²) >= 11 is 0. The van der Waals surface area contributed by atoms with E-state index >= 15 is 0 Å². The van der Waals surface area contributed by atoms with E-state index in [1.165, 1.54) is 12.8 Å². The van der Waals surface area contributed by atoms with Gasteiger partial charge in [0.15, 0.2) is 5.82 Å². The third kappa shape index (κ3) is 2.97. The molecule has 2 fully saturated rings. The lowest BCUT2D eigenvalue weighted by molar-refractivity contribution is 0.380. The summed E-state index contributed by atoms with van der Waals surface area (Å²) in [5, 5.41) is 16.6. The molecule has 1 N–H and O–H groups in total. The van der Waals surface area contributed by atoms with Gasteiger partial charge in [-0.2, -0.15) is 10.2 Å². The average Bonchev–Trinajstić information content (AvgIpc) is 3.25. The summed E-state index contributed by atoms with van der Waals surface area (Å²) in [7, 11) is 1.95. The molecule has 0 spiro atoms. The molecule has 1 aliphatic heterocycles. The van der Waals surface area contributed by atoms with E-state index in [1.54, 1.807) is 0 Å². The van der Waals surface area contributed by atoms with E-state index in [2.05, 4.69) is 43.7 Å². The van der Waals surface area contributed by atoms with E-state index in [-0.39, 0.29) is 0 Å². The fourth-order valence-electron chi connectivity index (χ4n) is 2.95. The normalized spacial score (nSPS) is 18.5. The van der Waals surface area contributed by atoms with Crippen molar-refractivity contribution in [3.8, 4) is 0 Å². The second kappa shape index (κ2) is 5.68. The van der Waals surface area contributed by atoms with E-state index in [4.69, 9.17) is 0 Å². The number of anilines is 1. The standard InChI is InChI=1S/C16H22N6/c1-21-7-6-14(20-21)9-17-8-12-10-22(11-12)16-5-4-15(18-19-16)13-2-3-13/h4-7,12-13,17H,2-3,8-11H2,1H3. The minimum atomic E-state index is 0.682. The molecule has 0 bridgehead atoms. The van der Waals surface area contributed by atoms with Crippen LogP contribution in [0.1, 0.15) is 30.1 Å². The molecule has 4 rings (SSSR count).